The largest absolute Gasteiger partial charge is 0.486 e. The van der Waals surface area contributed by atoms with Gasteiger partial charge in [0.15, 0.2) is 0 Å². The number of imidazole rings is 1. The van der Waals surface area contributed by atoms with Gasteiger partial charge in [-0.3, -0.25) is 15.0 Å². The SMILES string of the molecule is Cn1ccnc1CN1Cc2[nH]nc(COc3cccnc3)c2C1. The molecular formula is C16H18N6O. The number of aromatic amines is 1. The summed E-state index contributed by atoms with van der Waals surface area (Å²) in [5, 5.41) is 7.52. The number of fused-ring (bicyclic) bond motifs is 1. The minimum Gasteiger partial charge on any atom is -0.486 e. The van der Waals surface area contributed by atoms with Crippen molar-refractivity contribution in [3.8, 4) is 5.75 Å². The molecule has 0 saturated heterocycles. The van der Waals surface area contributed by atoms with Crippen LogP contribution in [0.15, 0.2) is 36.9 Å². The lowest BCUT2D eigenvalue weighted by atomic mass is 10.2. The maximum atomic E-state index is 5.76. The number of H-pyrrole nitrogens is 1. The topological polar surface area (TPSA) is 71.9 Å². The summed E-state index contributed by atoms with van der Waals surface area (Å²) < 4.78 is 7.81. The van der Waals surface area contributed by atoms with E-state index < -0.39 is 0 Å². The summed E-state index contributed by atoms with van der Waals surface area (Å²) in [6.07, 6.45) is 7.24. The van der Waals surface area contributed by atoms with Gasteiger partial charge in [0.2, 0.25) is 0 Å². The third-order valence-electron chi connectivity index (χ3n) is 4.10. The highest BCUT2D eigenvalue weighted by Crippen LogP contribution is 2.25. The van der Waals surface area contributed by atoms with Gasteiger partial charge in [0.05, 0.1) is 18.4 Å². The van der Waals surface area contributed by atoms with Crippen LogP contribution in [0.5, 0.6) is 5.75 Å². The van der Waals surface area contributed by atoms with Crippen molar-refractivity contribution in [1.82, 2.24) is 29.6 Å². The van der Waals surface area contributed by atoms with E-state index in [4.69, 9.17) is 4.74 Å². The molecule has 23 heavy (non-hydrogen) atoms. The standard InChI is InChI=1S/C16H18N6O/c1-21-6-5-18-16(21)10-22-8-13-14(9-22)19-20-15(13)11-23-12-3-2-4-17-7-12/h2-7H,8-11H2,1H3,(H,19,20). The fraction of sp³-hybridized carbons (Fsp3) is 0.312. The van der Waals surface area contributed by atoms with E-state index in [0.717, 1.165) is 36.9 Å². The Morgan fingerprint density at radius 3 is 3.04 bits per heavy atom. The second-order valence-electron chi connectivity index (χ2n) is 5.70. The van der Waals surface area contributed by atoms with Crippen LogP contribution in [0.2, 0.25) is 0 Å². The Bertz CT molecular complexity index is 794. The number of ether oxygens (including phenoxy) is 1. The Morgan fingerprint density at radius 2 is 2.26 bits per heavy atom. The monoisotopic (exact) mass is 310 g/mol. The van der Waals surface area contributed by atoms with Crippen LogP contribution in [0.4, 0.5) is 0 Å². The summed E-state index contributed by atoms with van der Waals surface area (Å²) in [6, 6.07) is 3.76. The first kappa shape index (κ1) is 14.0. The fourth-order valence-corrected chi connectivity index (χ4v) is 2.83. The highest BCUT2D eigenvalue weighted by molar-refractivity contribution is 5.29. The third-order valence-corrected chi connectivity index (χ3v) is 4.10. The molecule has 1 aliphatic heterocycles. The van der Waals surface area contributed by atoms with Gasteiger partial charge in [0.25, 0.3) is 0 Å². The smallest absolute Gasteiger partial charge is 0.138 e. The number of rotatable bonds is 5. The first-order valence-electron chi connectivity index (χ1n) is 7.56. The van der Waals surface area contributed by atoms with Crippen molar-refractivity contribution in [2.45, 2.75) is 26.2 Å². The van der Waals surface area contributed by atoms with Crippen molar-refractivity contribution < 1.29 is 4.74 Å². The van der Waals surface area contributed by atoms with E-state index in [-0.39, 0.29) is 0 Å². The Hall–Kier alpha value is -2.67. The molecule has 7 heteroatoms. The number of nitrogens with one attached hydrogen (secondary N) is 1. The zero-order chi connectivity index (χ0) is 15.6. The van der Waals surface area contributed by atoms with Gasteiger partial charge >= 0.3 is 0 Å². The summed E-state index contributed by atoms with van der Waals surface area (Å²) >= 11 is 0. The van der Waals surface area contributed by atoms with Crippen LogP contribution in [0.25, 0.3) is 0 Å². The van der Waals surface area contributed by atoms with Gasteiger partial charge < -0.3 is 9.30 Å². The number of pyridine rings is 1. The molecule has 118 valence electrons. The molecule has 0 saturated carbocycles. The molecular weight excluding hydrogens is 292 g/mol. The second-order valence-corrected chi connectivity index (χ2v) is 5.70. The van der Waals surface area contributed by atoms with E-state index in [0.29, 0.717) is 6.61 Å². The Balaban J connectivity index is 1.42. The molecule has 0 amide bonds. The van der Waals surface area contributed by atoms with Gasteiger partial charge in [-0.05, 0) is 12.1 Å². The quantitative estimate of drug-likeness (QED) is 0.775. The molecule has 4 rings (SSSR count). The van der Waals surface area contributed by atoms with Crippen molar-refractivity contribution in [1.29, 1.82) is 0 Å². The average molecular weight is 310 g/mol. The predicted molar refractivity (Wildman–Crippen MR) is 83.3 cm³/mol. The normalized spacial score (nSPS) is 14.1. The maximum Gasteiger partial charge on any atom is 0.138 e. The maximum absolute atomic E-state index is 5.76. The molecule has 0 atom stereocenters. The molecule has 0 aromatic carbocycles. The van der Waals surface area contributed by atoms with Gasteiger partial charge in [-0.2, -0.15) is 5.10 Å². The number of aromatic nitrogens is 5. The number of hydrogen-bond acceptors (Lipinski definition) is 5. The Kier molecular flexibility index (Phi) is 3.55. The lowest BCUT2D eigenvalue weighted by Gasteiger charge is -2.14. The summed E-state index contributed by atoms with van der Waals surface area (Å²) in [5.74, 6) is 1.82. The van der Waals surface area contributed by atoms with Crippen LogP contribution < -0.4 is 4.74 Å². The highest BCUT2D eigenvalue weighted by Gasteiger charge is 2.25. The zero-order valence-corrected chi connectivity index (χ0v) is 12.9. The van der Waals surface area contributed by atoms with E-state index in [1.54, 1.807) is 12.4 Å². The van der Waals surface area contributed by atoms with E-state index in [2.05, 4.69) is 29.6 Å². The van der Waals surface area contributed by atoms with E-state index in [1.165, 1.54) is 11.3 Å². The van der Waals surface area contributed by atoms with Gasteiger partial charge in [-0.25, -0.2) is 4.98 Å². The molecule has 0 radical (unpaired) electrons. The van der Waals surface area contributed by atoms with E-state index >= 15 is 0 Å². The summed E-state index contributed by atoms with van der Waals surface area (Å²) in [6.45, 7) is 3.01. The second kappa shape index (κ2) is 5.85. The van der Waals surface area contributed by atoms with Gasteiger partial charge in [0, 0.05) is 44.3 Å². The average Bonchev–Trinajstić information content (AvgIpc) is 3.24. The fourth-order valence-electron chi connectivity index (χ4n) is 2.83. The van der Waals surface area contributed by atoms with Gasteiger partial charge in [-0.15, -0.1) is 0 Å². The molecule has 4 heterocycles. The van der Waals surface area contributed by atoms with Crippen molar-refractivity contribution >= 4 is 0 Å². The van der Waals surface area contributed by atoms with Crippen molar-refractivity contribution in [3.05, 3.63) is 59.7 Å². The highest BCUT2D eigenvalue weighted by atomic mass is 16.5. The number of aryl methyl sites for hydroxylation is 1. The first-order valence-corrected chi connectivity index (χ1v) is 7.56. The summed E-state index contributed by atoms with van der Waals surface area (Å²) in [7, 11) is 2.02. The van der Waals surface area contributed by atoms with E-state index in [1.807, 2.05) is 31.6 Å². The van der Waals surface area contributed by atoms with Crippen LogP contribution in [0.1, 0.15) is 22.8 Å². The van der Waals surface area contributed by atoms with Gasteiger partial charge in [0.1, 0.15) is 23.9 Å². The number of hydrogen-bond donors (Lipinski definition) is 1. The molecule has 3 aromatic heterocycles. The van der Waals surface area contributed by atoms with Crippen LogP contribution in [0.3, 0.4) is 0 Å². The van der Waals surface area contributed by atoms with Crippen molar-refractivity contribution in [3.63, 3.8) is 0 Å². The van der Waals surface area contributed by atoms with Crippen molar-refractivity contribution in [2.24, 2.45) is 7.05 Å². The lowest BCUT2D eigenvalue weighted by molar-refractivity contribution is 0.257. The minimum absolute atomic E-state index is 0.452. The molecule has 0 bridgehead atoms. The Morgan fingerprint density at radius 1 is 1.30 bits per heavy atom. The van der Waals surface area contributed by atoms with Crippen molar-refractivity contribution in [2.75, 3.05) is 0 Å². The number of nitrogens with zero attached hydrogens (tertiary/aromatic N) is 5. The molecule has 1 aliphatic rings. The first-order chi connectivity index (χ1) is 11.3. The third kappa shape index (κ3) is 2.83. The molecule has 7 nitrogen and oxygen atoms in total. The molecule has 0 spiro atoms. The molecule has 1 N–H and O–H groups in total. The Labute approximate surface area is 133 Å². The van der Waals surface area contributed by atoms with Crippen LogP contribution >= 0.6 is 0 Å². The summed E-state index contributed by atoms with van der Waals surface area (Å²) in [4.78, 5) is 10.8. The van der Waals surface area contributed by atoms with Crippen LogP contribution in [-0.2, 0) is 33.3 Å². The minimum atomic E-state index is 0.452. The zero-order valence-electron chi connectivity index (χ0n) is 12.9. The van der Waals surface area contributed by atoms with Crippen LogP contribution in [0, 0.1) is 0 Å². The lowest BCUT2D eigenvalue weighted by Crippen LogP contribution is -2.19. The van der Waals surface area contributed by atoms with E-state index in [9.17, 15) is 0 Å². The molecule has 0 unspecified atom stereocenters. The predicted octanol–water partition coefficient (Wildman–Crippen LogP) is 1.63. The molecule has 0 fully saturated rings. The van der Waals surface area contributed by atoms with Gasteiger partial charge in [-0.1, -0.05) is 0 Å². The molecule has 3 aromatic rings. The molecule has 0 aliphatic carbocycles. The van der Waals surface area contributed by atoms with Crippen LogP contribution in [-0.4, -0.2) is 29.6 Å². The summed E-state index contributed by atoms with van der Waals surface area (Å²) in [5.41, 5.74) is 3.37.